The minimum Gasteiger partial charge on any atom is -0.495 e. The van der Waals surface area contributed by atoms with E-state index in [1.54, 1.807) is 41.7 Å². The highest BCUT2D eigenvalue weighted by molar-refractivity contribution is 7.92. The van der Waals surface area contributed by atoms with Crippen molar-refractivity contribution in [1.29, 1.82) is 0 Å². The van der Waals surface area contributed by atoms with Crippen LogP contribution in [-0.4, -0.2) is 62.5 Å². The highest BCUT2D eigenvalue weighted by Crippen LogP contribution is 2.28. The molecule has 4 rings (SSSR count). The first kappa shape index (κ1) is 22.5. The van der Waals surface area contributed by atoms with E-state index in [9.17, 15) is 13.2 Å². The lowest BCUT2D eigenvalue weighted by molar-refractivity contribution is 0.0746. The van der Waals surface area contributed by atoms with Gasteiger partial charge >= 0.3 is 0 Å². The smallest absolute Gasteiger partial charge is 0.265 e. The summed E-state index contributed by atoms with van der Waals surface area (Å²) in [6, 6.07) is 11.5. The topological polar surface area (TPSA) is 105 Å². The van der Waals surface area contributed by atoms with Gasteiger partial charge in [0.15, 0.2) is 0 Å². The fraction of sp³-hybridized carbons (Fsp3) is 0.261. The molecule has 1 aliphatic rings. The monoisotopic (exact) mass is 467 g/mol. The Morgan fingerprint density at radius 2 is 1.76 bits per heavy atom. The normalized spacial score (nSPS) is 14.1. The third-order valence-electron chi connectivity index (χ3n) is 5.44. The maximum absolute atomic E-state index is 13.1. The predicted octanol–water partition coefficient (Wildman–Crippen LogP) is 2.56. The number of hydrogen-bond donors (Lipinski definition) is 1. The highest BCUT2D eigenvalue weighted by atomic mass is 32.2. The first-order chi connectivity index (χ1) is 15.9. The van der Waals surface area contributed by atoms with Gasteiger partial charge in [-0.1, -0.05) is 17.7 Å². The summed E-state index contributed by atoms with van der Waals surface area (Å²) in [4.78, 5) is 25.2. The summed E-state index contributed by atoms with van der Waals surface area (Å²) in [5, 5.41) is 0. The standard InChI is InChI=1S/C23H25N5O4S/c1-17-3-6-19(7-4-17)26-33(30,31)21-15-18(5-8-20(21)32-2)23(29)28-13-11-27(12-14-28)22-16-24-9-10-25-22/h3-10,15-16,26H,11-14H2,1-2H3. The number of amides is 1. The summed E-state index contributed by atoms with van der Waals surface area (Å²) < 4.78 is 34.0. The van der Waals surface area contributed by atoms with Crippen molar-refractivity contribution < 1.29 is 17.9 Å². The minimum atomic E-state index is -3.97. The van der Waals surface area contributed by atoms with Crippen LogP contribution in [0.15, 0.2) is 66.0 Å². The molecule has 1 aromatic heterocycles. The van der Waals surface area contributed by atoms with Gasteiger partial charge in [-0.25, -0.2) is 13.4 Å². The van der Waals surface area contributed by atoms with Gasteiger partial charge in [0, 0.05) is 49.8 Å². The molecule has 0 aliphatic carbocycles. The quantitative estimate of drug-likeness (QED) is 0.594. The number of ether oxygens (including phenoxy) is 1. The second-order valence-corrected chi connectivity index (χ2v) is 9.33. The maximum Gasteiger partial charge on any atom is 0.265 e. The van der Waals surface area contributed by atoms with Crippen LogP contribution in [0, 0.1) is 6.92 Å². The molecule has 2 heterocycles. The average Bonchev–Trinajstić information content (AvgIpc) is 2.85. The van der Waals surface area contributed by atoms with E-state index in [1.807, 2.05) is 19.1 Å². The zero-order valence-electron chi connectivity index (χ0n) is 18.4. The molecule has 1 saturated heterocycles. The van der Waals surface area contributed by atoms with E-state index in [0.29, 0.717) is 31.9 Å². The van der Waals surface area contributed by atoms with Crippen LogP contribution in [0.5, 0.6) is 5.75 Å². The number of carbonyl (C=O) groups is 1. The summed E-state index contributed by atoms with van der Waals surface area (Å²) in [7, 11) is -2.57. The van der Waals surface area contributed by atoms with Gasteiger partial charge in [-0.2, -0.15) is 0 Å². The molecule has 0 spiro atoms. The molecule has 3 aromatic rings. The maximum atomic E-state index is 13.1. The van der Waals surface area contributed by atoms with Crippen LogP contribution in [0.3, 0.4) is 0 Å². The third kappa shape index (κ3) is 5.06. The minimum absolute atomic E-state index is 0.0883. The van der Waals surface area contributed by atoms with Crippen molar-refractivity contribution in [3.8, 4) is 5.75 Å². The van der Waals surface area contributed by atoms with E-state index in [1.165, 1.54) is 19.2 Å². The first-order valence-corrected chi connectivity index (χ1v) is 11.9. The van der Waals surface area contributed by atoms with Crippen LogP contribution in [0.4, 0.5) is 11.5 Å². The number of rotatable bonds is 6. The summed E-state index contributed by atoms with van der Waals surface area (Å²) in [6.45, 7) is 4.13. The number of methoxy groups -OCH3 is 1. The van der Waals surface area contributed by atoms with Crippen molar-refractivity contribution in [2.75, 3.05) is 42.9 Å². The molecule has 10 heteroatoms. The fourth-order valence-corrected chi connectivity index (χ4v) is 4.88. The zero-order chi connectivity index (χ0) is 23.4. The molecular formula is C23H25N5O4S. The predicted molar refractivity (Wildman–Crippen MR) is 125 cm³/mol. The summed E-state index contributed by atoms with van der Waals surface area (Å²) in [5.74, 6) is 0.700. The Labute approximate surface area is 193 Å². The largest absolute Gasteiger partial charge is 0.495 e. The highest BCUT2D eigenvalue weighted by Gasteiger charge is 2.26. The van der Waals surface area contributed by atoms with Gasteiger partial charge in [0.2, 0.25) is 0 Å². The second-order valence-electron chi connectivity index (χ2n) is 7.68. The van der Waals surface area contributed by atoms with Crippen LogP contribution in [0.2, 0.25) is 0 Å². The van der Waals surface area contributed by atoms with Crippen molar-refractivity contribution in [2.24, 2.45) is 0 Å². The molecule has 0 atom stereocenters. The molecule has 1 aliphatic heterocycles. The van der Waals surface area contributed by atoms with Crippen LogP contribution < -0.4 is 14.4 Å². The first-order valence-electron chi connectivity index (χ1n) is 10.4. The molecule has 0 saturated carbocycles. The molecule has 172 valence electrons. The van der Waals surface area contributed by atoms with Gasteiger partial charge in [-0.3, -0.25) is 14.5 Å². The Morgan fingerprint density at radius 3 is 2.39 bits per heavy atom. The number of piperazine rings is 1. The second kappa shape index (κ2) is 9.45. The third-order valence-corrected chi connectivity index (χ3v) is 6.85. The SMILES string of the molecule is COc1ccc(C(=O)N2CCN(c3cnccn3)CC2)cc1S(=O)(=O)Nc1ccc(C)cc1. The number of benzene rings is 2. The molecular weight excluding hydrogens is 442 g/mol. The lowest BCUT2D eigenvalue weighted by Gasteiger charge is -2.35. The fourth-order valence-electron chi connectivity index (χ4n) is 3.63. The Hall–Kier alpha value is -3.66. The van der Waals surface area contributed by atoms with E-state index in [2.05, 4.69) is 19.6 Å². The van der Waals surface area contributed by atoms with Crippen molar-refractivity contribution in [3.05, 3.63) is 72.2 Å². The van der Waals surface area contributed by atoms with E-state index >= 15 is 0 Å². The lowest BCUT2D eigenvalue weighted by atomic mass is 10.1. The van der Waals surface area contributed by atoms with Gasteiger partial charge in [0.1, 0.15) is 16.5 Å². The molecule has 33 heavy (non-hydrogen) atoms. The van der Waals surface area contributed by atoms with Gasteiger partial charge in [0.25, 0.3) is 15.9 Å². The molecule has 2 aromatic carbocycles. The van der Waals surface area contributed by atoms with Gasteiger partial charge in [-0.05, 0) is 37.3 Å². The molecule has 1 N–H and O–H groups in total. The lowest BCUT2D eigenvalue weighted by Crippen LogP contribution is -2.49. The van der Waals surface area contributed by atoms with E-state index in [0.717, 1.165) is 11.4 Å². The van der Waals surface area contributed by atoms with Crippen molar-refractivity contribution in [1.82, 2.24) is 14.9 Å². The number of aromatic nitrogens is 2. The number of hydrogen-bond acceptors (Lipinski definition) is 7. The zero-order valence-corrected chi connectivity index (χ0v) is 19.2. The molecule has 0 bridgehead atoms. The average molecular weight is 468 g/mol. The Kier molecular flexibility index (Phi) is 6.45. The van der Waals surface area contributed by atoms with Gasteiger partial charge in [-0.15, -0.1) is 0 Å². The van der Waals surface area contributed by atoms with E-state index in [-0.39, 0.29) is 22.1 Å². The van der Waals surface area contributed by atoms with Crippen LogP contribution in [-0.2, 0) is 10.0 Å². The number of nitrogens with one attached hydrogen (secondary N) is 1. The van der Waals surface area contributed by atoms with Crippen LogP contribution in [0.1, 0.15) is 15.9 Å². The van der Waals surface area contributed by atoms with E-state index < -0.39 is 10.0 Å². The molecule has 1 amide bonds. The molecule has 1 fully saturated rings. The van der Waals surface area contributed by atoms with Crippen LogP contribution in [0.25, 0.3) is 0 Å². The van der Waals surface area contributed by atoms with Crippen molar-refractivity contribution >= 4 is 27.4 Å². The summed E-state index contributed by atoms with van der Waals surface area (Å²) in [6.07, 6.45) is 4.95. The molecule has 0 radical (unpaired) electrons. The van der Waals surface area contributed by atoms with Crippen molar-refractivity contribution in [3.63, 3.8) is 0 Å². The number of sulfonamides is 1. The van der Waals surface area contributed by atoms with E-state index in [4.69, 9.17) is 4.74 Å². The van der Waals surface area contributed by atoms with Gasteiger partial charge in [0.05, 0.1) is 13.3 Å². The molecule has 9 nitrogen and oxygen atoms in total. The summed E-state index contributed by atoms with van der Waals surface area (Å²) in [5.41, 5.74) is 1.73. The Bertz CT molecular complexity index is 1230. The number of carbonyl (C=O) groups excluding carboxylic acids is 1. The summed E-state index contributed by atoms with van der Waals surface area (Å²) >= 11 is 0. The number of anilines is 2. The van der Waals surface area contributed by atoms with Crippen molar-refractivity contribution in [2.45, 2.75) is 11.8 Å². The number of nitrogens with zero attached hydrogens (tertiary/aromatic N) is 4. The Morgan fingerprint density at radius 1 is 1.03 bits per heavy atom. The Balaban J connectivity index is 1.52. The van der Waals surface area contributed by atoms with Crippen LogP contribution >= 0.6 is 0 Å². The molecule has 0 unspecified atom stereocenters. The van der Waals surface area contributed by atoms with Gasteiger partial charge < -0.3 is 14.5 Å². The number of aryl methyl sites for hydroxylation is 1.